The van der Waals surface area contributed by atoms with E-state index in [-0.39, 0.29) is 31.4 Å². The van der Waals surface area contributed by atoms with Crippen LogP contribution in [0.4, 0.5) is 5.69 Å². The predicted molar refractivity (Wildman–Crippen MR) is 71.9 cm³/mol. The number of rotatable bonds is 2. The Labute approximate surface area is 109 Å². The fourth-order valence-electron chi connectivity index (χ4n) is 1.77. The van der Waals surface area contributed by atoms with Crippen molar-refractivity contribution >= 4 is 30.5 Å². The van der Waals surface area contributed by atoms with E-state index in [4.69, 9.17) is 5.11 Å². The second-order valence-electron chi connectivity index (χ2n) is 3.57. The number of benzene rings is 1. The van der Waals surface area contributed by atoms with Gasteiger partial charge in [-0.05, 0) is 17.7 Å². The van der Waals surface area contributed by atoms with Gasteiger partial charge in [0.1, 0.15) is 0 Å². The normalized spacial score (nSPS) is 14.9. The summed E-state index contributed by atoms with van der Waals surface area (Å²) in [5.74, 6) is 0. The topological polar surface area (TPSA) is 35.5 Å². The largest absolute Gasteiger partial charge is 0.392 e. The molecule has 1 aromatic rings. The average Bonchev–Trinajstić information content (AvgIpc) is 2.30. The molecule has 0 unspecified atom stereocenters. The molecule has 0 aliphatic carbocycles. The maximum Gasteiger partial charge on any atom is 0.0682 e. The van der Waals surface area contributed by atoms with Crippen LogP contribution in [0.2, 0.25) is 0 Å². The van der Waals surface area contributed by atoms with Gasteiger partial charge in [-0.3, -0.25) is 0 Å². The van der Waals surface area contributed by atoms with Crippen LogP contribution in [0.3, 0.4) is 0 Å². The number of halogens is 2. The van der Waals surface area contributed by atoms with Crippen molar-refractivity contribution in [1.82, 2.24) is 5.32 Å². The lowest BCUT2D eigenvalue weighted by Crippen LogP contribution is -2.43. The second kappa shape index (κ2) is 7.74. The molecule has 1 fully saturated rings. The van der Waals surface area contributed by atoms with Crippen molar-refractivity contribution < 1.29 is 5.11 Å². The van der Waals surface area contributed by atoms with Crippen LogP contribution in [-0.2, 0) is 6.61 Å². The van der Waals surface area contributed by atoms with Gasteiger partial charge in [0.15, 0.2) is 0 Å². The zero-order valence-corrected chi connectivity index (χ0v) is 10.7. The summed E-state index contributed by atoms with van der Waals surface area (Å²) in [7, 11) is 0. The van der Waals surface area contributed by atoms with E-state index in [1.54, 1.807) is 0 Å². The van der Waals surface area contributed by atoms with E-state index in [0.29, 0.717) is 0 Å². The lowest BCUT2D eigenvalue weighted by Gasteiger charge is -2.29. The van der Waals surface area contributed by atoms with E-state index < -0.39 is 0 Å². The van der Waals surface area contributed by atoms with Crippen molar-refractivity contribution in [2.75, 3.05) is 31.1 Å². The lowest BCUT2D eigenvalue weighted by molar-refractivity contribution is 0.282. The third-order valence-electron chi connectivity index (χ3n) is 2.58. The van der Waals surface area contributed by atoms with E-state index in [1.807, 2.05) is 12.1 Å². The molecule has 3 nitrogen and oxygen atoms in total. The standard InChI is InChI=1S/C11H16N2O.2ClH/c14-9-10-2-1-3-11(8-10)13-6-4-12-5-7-13;;/h1-3,8,12,14H,4-7,9H2;2*1H. The number of nitrogens with zero attached hydrogens (tertiary/aromatic N) is 1. The highest BCUT2D eigenvalue weighted by Gasteiger charge is 2.09. The molecule has 2 N–H and O–H groups in total. The highest BCUT2D eigenvalue weighted by molar-refractivity contribution is 5.85. The summed E-state index contributed by atoms with van der Waals surface area (Å²) in [5.41, 5.74) is 2.21. The molecule has 0 aromatic heterocycles. The van der Waals surface area contributed by atoms with Crippen molar-refractivity contribution in [2.45, 2.75) is 6.61 Å². The molecule has 0 spiro atoms. The van der Waals surface area contributed by atoms with Gasteiger partial charge in [-0.1, -0.05) is 12.1 Å². The maximum atomic E-state index is 9.03. The Morgan fingerprint density at radius 3 is 2.50 bits per heavy atom. The molecular formula is C11H18Cl2N2O. The van der Waals surface area contributed by atoms with Gasteiger partial charge in [-0.15, -0.1) is 24.8 Å². The summed E-state index contributed by atoms with van der Waals surface area (Å²) in [6.07, 6.45) is 0. The summed E-state index contributed by atoms with van der Waals surface area (Å²) >= 11 is 0. The van der Waals surface area contributed by atoms with Crippen LogP contribution >= 0.6 is 24.8 Å². The number of piperazine rings is 1. The van der Waals surface area contributed by atoms with Gasteiger partial charge in [0.2, 0.25) is 0 Å². The lowest BCUT2D eigenvalue weighted by atomic mass is 10.2. The Kier molecular flexibility index (Phi) is 7.51. The van der Waals surface area contributed by atoms with Gasteiger partial charge in [-0.25, -0.2) is 0 Å². The van der Waals surface area contributed by atoms with Crippen molar-refractivity contribution in [3.05, 3.63) is 29.8 Å². The first kappa shape index (κ1) is 15.5. The van der Waals surface area contributed by atoms with Crippen molar-refractivity contribution in [3.63, 3.8) is 0 Å². The quantitative estimate of drug-likeness (QED) is 0.849. The molecular weight excluding hydrogens is 247 g/mol. The molecule has 1 aliphatic rings. The molecule has 0 bridgehead atoms. The summed E-state index contributed by atoms with van der Waals surface area (Å²) < 4.78 is 0. The van der Waals surface area contributed by atoms with Gasteiger partial charge in [0.05, 0.1) is 6.61 Å². The molecule has 2 rings (SSSR count). The van der Waals surface area contributed by atoms with Crippen LogP contribution in [0.1, 0.15) is 5.56 Å². The molecule has 1 aromatic carbocycles. The first-order valence-electron chi connectivity index (χ1n) is 5.05. The van der Waals surface area contributed by atoms with Crippen molar-refractivity contribution in [2.24, 2.45) is 0 Å². The van der Waals surface area contributed by atoms with Crippen LogP contribution in [0, 0.1) is 0 Å². The zero-order valence-electron chi connectivity index (χ0n) is 9.06. The number of nitrogens with one attached hydrogen (secondary N) is 1. The summed E-state index contributed by atoms with van der Waals surface area (Å²) in [5, 5.41) is 12.4. The Balaban J connectivity index is 0.00000112. The van der Waals surface area contributed by atoms with Crippen LogP contribution in [0.15, 0.2) is 24.3 Å². The SMILES string of the molecule is Cl.Cl.OCc1cccc(N2CCNCC2)c1. The van der Waals surface area contributed by atoms with Gasteiger partial charge in [0.25, 0.3) is 0 Å². The Hall–Kier alpha value is -0.480. The van der Waals surface area contributed by atoms with Crippen LogP contribution < -0.4 is 10.2 Å². The molecule has 92 valence electrons. The van der Waals surface area contributed by atoms with E-state index in [1.165, 1.54) is 5.69 Å². The maximum absolute atomic E-state index is 9.03. The summed E-state index contributed by atoms with van der Waals surface area (Å²) in [4.78, 5) is 2.34. The molecule has 0 amide bonds. The molecule has 1 aliphatic heterocycles. The number of hydrogen-bond acceptors (Lipinski definition) is 3. The van der Waals surface area contributed by atoms with Gasteiger partial charge < -0.3 is 15.3 Å². The monoisotopic (exact) mass is 264 g/mol. The number of hydrogen-bond donors (Lipinski definition) is 2. The molecule has 16 heavy (non-hydrogen) atoms. The molecule has 0 saturated carbocycles. The molecule has 1 saturated heterocycles. The minimum absolute atomic E-state index is 0. The van der Waals surface area contributed by atoms with Gasteiger partial charge in [0, 0.05) is 31.9 Å². The Morgan fingerprint density at radius 2 is 1.88 bits per heavy atom. The fourth-order valence-corrected chi connectivity index (χ4v) is 1.77. The molecule has 5 heteroatoms. The number of aliphatic hydroxyl groups excluding tert-OH is 1. The molecule has 0 atom stereocenters. The van der Waals surface area contributed by atoms with E-state index in [9.17, 15) is 0 Å². The van der Waals surface area contributed by atoms with Crippen molar-refractivity contribution in [3.8, 4) is 0 Å². The van der Waals surface area contributed by atoms with Crippen LogP contribution in [-0.4, -0.2) is 31.3 Å². The summed E-state index contributed by atoms with van der Waals surface area (Å²) in [6.45, 7) is 4.32. The van der Waals surface area contributed by atoms with E-state index >= 15 is 0 Å². The van der Waals surface area contributed by atoms with Crippen LogP contribution in [0.25, 0.3) is 0 Å². The van der Waals surface area contributed by atoms with Gasteiger partial charge in [-0.2, -0.15) is 0 Å². The third-order valence-corrected chi connectivity index (χ3v) is 2.58. The van der Waals surface area contributed by atoms with Crippen LogP contribution in [0.5, 0.6) is 0 Å². The zero-order chi connectivity index (χ0) is 9.80. The minimum Gasteiger partial charge on any atom is -0.392 e. The number of anilines is 1. The third kappa shape index (κ3) is 3.83. The van der Waals surface area contributed by atoms with E-state index in [0.717, 1.165) is 31.7 Å². The second-order valence-corrected chi connectivity index (χ2v) is 3.57. The first-order chi connectivity index (χ1) is 6.90. The Morgan fingerprint density at radius 1 is 1.19 bits per heavy atom. The minimum atomic E-state index is 0. The van der Waals surface area contributed by atoms with Gasteiger partial charge >= 0.3 is 0 Å². The summed E-state index contributed by atoms with van der Waals surface area (Å²) in [6, 6.07) is 8.12. The highest BCUT2D eigenvalue weighted by atomic mass is 35.5. The molecule has 1 heterocycles. The molecule has 0 radical (unpaired) electrons. The first-order valence-corrected chi connectivity index (χ1v) is 5.05. The van der Waals surface area contributed by atoms with Crippen molar-refractivity contribution in [1.29, 1.82) is 0 Å². The fraction of sp³-hybridized carbons (Fsp3) is 0.455. The number of aliphatic hydroxyl groups is 1. The van der Waals surface area contributed by atoms with E-state index in [2.05, 4.69) is 22.3 Å². The average molecular weight is 265 g/mol. The predicted octanol–water partition coefficient (Wildman–Crippen LogP) is 1.43. The Bertz CT molecular complexity index is 304. The highest BCUT2D eigenvalue weighted by Crippen LogP contribution is 2.16. The smallest absolute Gasteiger partial charge is 0.0682 e.